The number of rotatable bonds is 8. The Morgan fingerprint density at radius 3 is 2.58 bits per heavy atom. The van der Waals surface area contributed by atoms with E-state index in [0.29, 0.717) is 30.8 Å². The zero-order chi connectivity index (χ0) is 17.2. The van der Waals surface area contributed by atoms with E-state index in [2.05, 4.69) is 10.6 Å². The minimum absolute atomic E-state index is 0.133. The van der Waals surface area contributed by atoms with E-state index in [-0.39, 0.29) is 12.5 Å². The van der Waals surface area contributed by atoms with Crippen molar-refractivity contribution in [3.8, 4) is 0 Å². The first-order valence-electron chi connectivity index (χ1n) is 7.52. The number of furan rings is 1. The molecule has 0 fully saturated rings. The molecule has 7 nitrogen and oxygen atoms in total. The Balaban J connectivity index is 1.81. The van der Waals surface area contributed by atoms with Gasteiger partial charge in [0.1, 0.15) is 12.4 Å². The van der Waals surface area contributed by atoms with Crippen LogP contribution >= 0.6 is 0 Å². The number of ether oxygens (including phenoxy) is 2. The summed E-state index contributed by atoms with van der Waals surface area (Å²) in [6.45, 7) is 0.505. The summed E-state index contributed by atoms with van der Waals surface area (Å²) in [6.07, 6.45) is 1.84. The van der Waals surface area contributed by atoms with Crippen LogP contribution < -0.4 is 10.6 Å². The third-order valence-corrected chi connectivity index (χ3v) is 3.09. The fourth-order valence-electron chi connectivity index (χ4n) is 1.96. The summed E-state index contributed by atoms with van der Waals surface area (Å²) < 4.78 is 14.9. The zero-order valence-corrected chi connectivity index (χ0v) is 13.4. The van der Waals surface area contributed by atoms with E-state index in [9.17, 15) is 9.59 Å². The van der Waals surface area contributed by atoms with Crippen LogP contribution in [-0.2, 0) is 20.7 Å². The van der Waals surface area contributed by atoms with E-state index < -0.39 is 6.09 Å². The topological polar surface area (TPSA) is 89.8 Å². The average molecular weight is 332 g/mol. The molecule has 24 heavy (non-hydrogen) atoms. The Labute approximate surface area is 139 Å². The molecule has 0 bridgehead atoms. The largest absolute Gasteiger partial charge is 0.469 e. The quantitative estimate of drug-likeness (QED) is 0.725. The van der Waals surface area contributed by atoms with Crippen molar-refractivity contribution in [1.29, 1.82) is 0 Å². The molecule has 0 aliphatic rings. The molecule has 7 heteroatoms. The van der Waals surface area contributed by atoms with E-state index in [1.54, 1.807) is 36.6 Å². The Bertz CT molecular complexity index is 655. The molecule has 0 saturated heterocycles. The van der Waals surface area contributed by atoms with Crippen LogP contribution in [0.1, 0.15) is 12.2 Å². The van der Waals surface area contributed by atoms with Crippen molar-refractivity contribution in [2.75, 3.05) is 31.0 Å². The Morgan fingerprint density at radius 2 is 1.88 bits per heavy atom. The molecule has 0 spiro atoms. The third kappa shape index (κ3) is 6.13. The number of benzene rings is 1. The van der Waals surface area contributed by atoms with Gasteiger partial charge in [0.25, 0.3) is 0 Å². The van der Waals surface area contributed by atoms with Crippen LogP contribution in [0.3, 0.4) is 0 Å². The zero-order valence-electron chi connectivity index (χ0n) is 13.4. The number of hydrogen-bond donors (Lipinski definition) is 2. The lowest BCUT2D eigenvalue weighted by atomic mass is 10.2. The van der Waals surface area contributed by atoms with Gasteiger partial charge in [0.15, 0.2) is 0 Å². The van der Waals surface area contributed by atoms with Crippen molar-refractivity contribution in [2.45, 2.75) is 12.8 Å². The number of amides is 2. The fraction of sp³-hybridized carbons (Fsp3) is 0.294. The molecule has 0 radical (unpaired) electrons. The molecule has 0 saturated carbocycles. The first-order chi connectivity index (χ1) is 11.7. The minimum Gasteiger partial charge on any atom is -0.469 e. The number of anilines is 2. The maximum atomic E-state index is 11.9. The SMILES string of the molecule is COCCOC(=O)Nc1cccc(NC(=O)CCc2ccco2)c1. The second-order valence-corrected chi connectivity index (χ2v) is 4.96. The van der Waals surface area contributed by atoms with Crippen molar-refractivity contribution in [3.05, 3.63) is 48.4 Å². The third-order valence-electron chi connectivity index (χ3n) is 3.09. The molecular formula is C17H20N2O5. The summed E-state index contributed by atoms with van der Waals surface area (Å²) in [5.74, 6) is 0.630. The molecule has 2 amide bonds. The highest BCUT2D eigenvalue weighted by atomic mass is 16.6. The fourth-order valence-corrected chi connectivity index (χ4v) is 1.96. The van der Waals surface area contributed by atoms with Gasteiger partial charge in [0.05, 0.1) is 12.9 Å². The molecule has 1 aromatic carbocycles. The van der Waals surface area contributed by atoms with Crippen LogP contribution in [0.15, 0.2) is 47.1 Å². The van der Waals surface area contributed by atoms with Crippen molar-refractivity contribution in [3.63, 3.8) is 0 Å². The number of hydrogen-bond acceptors (Lipinski definition) is 5. The molecule has 0 aliphatic heterocycles. The standard InChI is InChI=1S/C17H20N2O5/c1-22-10-11-24-17(21)19-14-5-2-4-13(12-14)18-16(20)8-7-15-6-3-9-23-15/h2-6,9,12H,7-8,10-11H2,1H3,(H,18,20)(H,19,21). The van der Waals surface area contributed by atoms with Gasteiger partial charge in [0.2, 0.25) is 5.91 Å². The second kappa shape index (κ2) is 9.36. The van der Waals surface area contributed by atoms with Crippen molar-refractivity contribution in [2.24, 2.45) is 0 Å². The minimum atomic E-state index is -0.576. The number of methoxy groups -OCH3 is 1. The molecule has 0 unspecified atom stereocenters. The first kappa shape index (κ1) is 17.6. The highest BCUT2D eigenvalue weighted by molar-refractivity contribution is 5.92. The number of carbonyl (C=O) groups is 2. The highest BCUT2D eigenvalue weighted by Crippen LogP contribution is 2.16. The van der Waals surface area contributed by atoms with E-state index in [1.807, 2.05) is 6.07 Å². The van der Waals surface area contributed by atoms with Crippen LogP contribution in [-0.4, -0.2) is 32.3 Å². The second-order valence-electron chi connectivity index (χ2n) is 4.96. The predicted octanol–water partition coefficient (Wildman–Crippen LogP) is 3.05. The summed E-state index contributed by atoms with van der Waals surface area (Å²) in [6, 6.07) is 10.4. The van der Waals surface area contributed by atoms with Crippen LogP contribution in [0.4, 0.5) is 16.2 Å². The maximum absolute atomic E-state index is 11.9. The summed E-state index contributed by atoms with van der Waals surface area (Å²) in [7, 11) is 1.53. The van der Waals surface area contributed by atoms with Gasteiger partial charge < -0.3 is 19.2 Å². The van der Waals surface area contributed by atoms with Gasteiger partial charge in [0, 0.05) is 31.3 Å². The van der Waals surface area contributed by atoms with Gasteiger partial charge in [-0.25, -0.2) is 4.79 Å². The summed E-state index contributed by atoms with van der Waals surface area (Å²) >= 11 is 0. The maximum Gasteiger partial charge on any atom is 0.411 e. The lowest BCUT2D eigenvalue weighted by Gasteiger charge is -2.09. The molecule has 2 N–H and O–H groups in total. The van der Waals surface area contributed by atoms with E-state index in [4.69, 9.17) is 13.9 Å². The molecule has 128 valence electrons. The molecular weight excluding hydrogens is 312 g/mol. The summed E-state index contributed by atoms with van der Waals surface area (Å²) in [5.41, 5.74) is 1.12. The van der Waals surface area contributed by atoms with Crippen LogP contribution in [0, 0.1) is 0 Å². The summed E-state index contributed by atoms with van der Waals surface area (Å²) in [4.78, 5) is 23.5. The van der Waals surface area contributed by atoms with E-state index >= 15 is 0 Å². The van der Waals surface area contributed by atoms with Crippen LogP contribution in [0.5, 0.6) is 0 Å². The Kier molecular flexibility index (Phi) is 6.85. The smallest absolute Gasteiger partial charge is 0.411 e. The monoisotopic (exact) mass is 332 g/mol. The normalized spacial score (nSPS) is 10.2. The van der Waals surface area contributed by atoms with Gasteiger partial charge in [-0.1, -0.05) is 6.07 Å². The lowest BCUT2D eigenvalue weighted by molar-refractivity contribution is -0.116. The van der Waals surface area contributed by atoms with Crippen LogP contribution in [0.25, 0.3) is 0 Å². The van der Waals surface area contributed by atoms with Gasteiger partial charge in [-0.2, -0.15) is 0 Å². The van der Waals surface area contributed by atoms with Gasteiger partial charge >= 0.3 is 6.09 Å². The lowest BCUT2D eigenvalue weighted by Crippen LogP contribution is -2.17. The van der Waals surface area contributed by atoms with Gasteiger partial charge in [-0.15, -0.1) is 0 Å². The Hall–Kier alpha value is -2.80. The molecule has 1 aromatic heterocycles. The molecule has 0 atom stereocenters. The number of carbonyl (C=O) groups excluding carboxylic acids is 2. The van der Waals surface area contributed by atoms with Crippen molar-refractivity contribution in [1.82, 2.24) is 0 Å². The molecule has 1 heterocycles. The number of nitrogens with one attached hydrogen (secondary N) is 2. The van der Waals surface area contributed by atoms with E-state index in [0.717, 1.165) is 5.76 Å². The molecule has 2 rings (SSSR count). The van der Waals surface area contributed by atoms with Gasteiger partial charge in [-0.3, -0.25) is 10.1 Å². The van der Waals surface area contributed by atoms with Gasteiger partial charge in [-0.05, 0) is 30.3 Å². The summed E-state index contributed by atoms with van der Waals surface area (Å²) in [5, 5.41) is 5.36. The van der Waals surface area contributed by atoms with Crippen molar-refractivity contribution < 1.29 is 23.5 Å². The van der Waals surface area contributed by atoms with Crippen molar-refractivity contribution >= 4 is 23.4 Å². The number of aryl methyl sites for hydroxylation is 1. The molecule has 0 aliphatic carbocycles. The predicted molar refractivity (Wildman–Crippen MR) is 88.9 cm³/mol. The highest BCUT2D eigenvalue weighted by Gasteiger charge is 2.07. The Morgan fingerprint density at radius 1 is 1.08 bits per heavy atom. The van der Waals surface area contributed by atoms with Crippen LogP contribution in [0.2, 0.25) is 0 Å². The van der Waals surface area contributed by atoms with E-state index in [1.165, 1.54) is 7.11 Å². The molecule has 2 aromatic rings. The first-order valence-corrected chi connectivity index (χ1v) is 7.52. The average Bonchev–Trinajstić information content (AvgIpc) is 3.07.